The van der Waals surface area contributed by atoms with Gasteiger partial charge in [0.15, 0.2) is 11.5 Å². The highest BCUT2D eigenvalue weighted by atomic mass is 16.7. The van der Waals surface area contributed by atoms with Crippen LogP contribution in [-0.4, -0.2) is 17.9 Å². The molecule has 1 aliphatic heterocycles. The van der Waals surface area contributed by atoms with E-state index >= 15 is 0 Å². The Bertz CT molecular complexity index is 501. The van der Waals surface area contributed by atoms with E-state index in [1.54, 1.807) is 0 Å². The molecular formula is C14H16O4. The van der Waals surface area contributed by atoms with Crippen molar-refractivity contribution in [2.24, 2.45) is 0 Å². The average Bonchev–Trinajstić information content (AvgIpc) is 2.96. The number of aliphatic carboxylic acids is 1. The Kier molecular flexibility index (Phi) is 2.47. The molecule has 4 nitrogen and oxygen atoms in total. The van der Waals surface area contributed by atoms with Gasteiger partial charge in [-0.25, -0.2) is 0 Å². The van der Waals surface area contributed by atoms with Gasteiger partial charge in [0.25, 0.3) is 0 Å². The van der Waals surface area contributed by atoms with Crippen molar-refractivity contribution in [3.8, 4) is 11.5 Å². The van der Waals surface area contributed by atoms with Crippen molar-refractivity contribution in [3.63, 3.8) is 0 Å². The topological polar surface area (TPSA) is 55.8 Å². The van der Waals surface area contributed by atoms with Crippen LogP contribution < -0.4 is 9.47 Å². The molecule has 1 N–H and O–H groups in total. The molecule has 0 aromatic heterocycles. The van der Waals surface area contributed by atoms with Crippen LogP contribution in [0.1, 0.15) is 36.8 Å². The van der Waals surface area contributed by atoms with E-state index in [-0.39, 0.29) is 6.79 Å². The van der Waals surface area contributed by atoms with Gasteiger partial charge in [-0.2, -0.15) is 0 Å². The normalized spacial score (nSPS) is 20.1. The number of carbonyl (C=O) groups is 1. The zero-order valence-electron chi connectivity index (χ0n) is 10.4. The predicted molar refractivity (Wildman–Crippen MR) is 65.1 cm³/mol. The molecule has 3 rings (SSSR count). The number of fused-ring (bicyclic) bond motifs is 1. The minimum absolute atomic E-state index is 0.182. The van der Waals surface area contributed by atoms with Gasteiger partial charge >= 0.3 is 5.97 Å². The maximum absolute atomic E-state index is 11.7. The summed E-state index contributed by atoms with van der Waals surface area (Å²) in [7, 11) is 0. The van der Waals surface area contributed by atoms with Crippen LogP contribution in [0.4, 0.5) is 0 Å². The lowest BCUT2D eigenvalue weighted by molar-refractivity contribution is -0.143. The summed E-state index contributed by atoms with van der Waals surface area (Å²) in [6.07, 6.45) is 3.27. The van der Waals surface area contributed by atoms with E-state index in [0.717, 1.165) is 24.0 Å². The van der Waals surface area contributed by atoms with Crippen molar-refractivity contribution >= 4 is 5.97 Å². The molecule has 0 saturated heterocycles. The number of benzene rings is 1. The summed E-state index contributed by atoms with van der Waals surface area (Å²) >= 11 is 0. The Hall–Kier alpha value is -1.71. The Labute approximate surface area is 106 Å². The summed E-state index contributed by atoms with van der Waals surface area (Å²) in [6.45, 7) is 2.14. The third-order valence-corrected chi connectivity index (χ3v) is 4.00. The van der Waals surface area contributed by atoms with E-state index in [1.165, 1.54) is 0 Å². The molecule has 0 bridgehead atoms. The minimum atomic E-state index is -0.788. The minimum Gasteiger partial charge on any atom is -0.481 e. The maximum atomic E-state index is 11.7. The summed E-state index contributed by atoms with van der Waals surface area (Å²) in [4.78, 5) is 11.7. The number of rotatable bonds is 2. The first kappa shape index (κ1) is 11.4. The Morgan fingerprint density at radius 3 is 2.67 bits per heavy atom. The second kappa shape index (κ2) is 3.90. The molecule has 18 heavy (non-hydrogen) atoms. The van der Waals surface area contributed by atoms with Crippen molar-refractivity contribution in [2.75, 3.05) is 6.79 Å². The van der Waals surface area contributed by atoms with Crippen LogP contribution in [0.5, 0.6) is 11.5 Å². The first-order valence-electron chi connectivity index (χ1n) is 6.28. The van der Waals surface area contributed by atoms with Crippen LogP contribution in [0.3, 0.4) is 0 Å². The maximum Gasteiger partial charge on any atom is 0.314 e. The smallest absolute Gasteiger partial charge is 0.314 e. The lowest BCUT2D eigenvalue weighted by Gasteiger charge is -2.25. The largest absolute Gasteiger partial charge is 0.481 e. The fourth-order valence-corrected chi connectivity index (χ4v) is 3.08. The molecule has 0 unspecified atom stereocenters. The number of hydrogen-bond acceptors (Lipinski definition) is 3. The molecule has 96 valence electrons. The summed E-state index contributed by atoms with van der Waals surface area (Å²) in [5, 5.41) is 9.64. The van der Waals surface area contributed by atoms with Crippen molar-refractivity contribution in [3.05, 3.63) is 23.3 Å². The Morgan fingerprint density at radius 1 is 1.28 bits per heavy atom. The lowest BCUT2D eigenvalue weighted by atomic mass is 9.78. The number of hydrogen-bond donors (Lipinski definition) is 1. The quantitative estimate of drug-likeness (QED) is 0.874. The summed E-state index contributed by atoms with van der Waals surface area (Å²) in [6, 6.07) is 3.84. The van der Waals surface area contributed by atoms with Gasteiger partial charge in [-0.15, -0.1) is 0 Å². The predicted octanol–water partition coefficient (Wildman–Crippen LogP) is 2.62. The van der Waals surface area contributed by atoms with Crippen LogP contribution in [-0.2, 0) is 10.2 Å². The van der Waals surface area contributed by atoms with Gasteiger partial charge in [0.05, 0.1) is 5.41 Å². The monoisotopic (exact) mass is 248 g/mol. The number of aryl methyl sites for hydroxylation is 1. The van der Waals surface area contributed by atoms with Crippen molar-refractivity contribution < 1.29 is 19.4 Å². The highest BCUT2D eigenvalue weighted by molar-refractivity contribution is 5.83. The molecule has 2 aliphatic rings. The molecule has 0 radical (unpaired) electrons. The molecule has 0 spiro atoms. The highest BCUT2D eigenvalue weighted by Crippen LogP contribution is 2.49. The van der Waals surface area contributed by atoms with E-state index < -0.39 is 11.4 Å². The SMILES string of the molecule is Cc1cc2c(c(C3(C(=O)O)CCCC3)c1)OCO2. The highest BCUT2D eigenvalue weighted by Gasteiger charge is 2.46. The van der Waals surface area contributed by atoms with Crippen LogP contribution >= 0.6 is 0 Å². The van der Waals surface area contributed by atoms with Gasteiger partial charge in [-0.1, -0.05) is 18.9 Å². The van der Waals surface area contributed by atoms with Gasteiger partial charge < -0.3 is 14.6 Å². The molecule has 0 amide bonds. The van der Waals surface area contributed by atoms with Crippen LogP contribution in [0.25, 0.3) is 0 Å². The van der Waals surface area contributed by atoms with Crippen LogP contribution in [0.2, 0.25) is 0 Å². The Morgan fingerprint density at radius 2 is 2.00 bits per heavy atom. The summed E-state index contributed by atoms with van der Waals surface area (Å²) < 4.78 is 10.9. The molecule has 4 heteroatoms. The first-order valence-corrected chi connectivity index (χ1v) is 6.28. The number of carboxylic acid groups (broad SMARTS) is 1. The van der Waals surface area contributed by atoms with Crippen molar-refractivity contribution in [1.29, 1.82) is 0 Å². The van der Waals surface area contributed by atoms with Gasteiger partial charge in [0, 0.05) is 5.56 Å². The summed E-state index contributed by atoms with van der Waals surface area (Å²) in [5.74, 6) is 0.561. The molecule has 1 aliphatic carbocycles. The van der Waals surface area contributed by atoms with E-state index in [1.807, 2.05) is 19.1 Å². The fraction of sp³-hybridized carbons (Fsp3) is 0.500. The van der Waals surface area contributed by atoms with E-state index in [4.69, 9.17) is 9.47 Å². The number of ether oxygens (including phenoxy) is 2. The lowest BCUT2D eigenvalue weighted by Crippen LogP contribution is -2.33. The summed E-state index contributed by atoms with van der Waals surface area (Å²) in [5.41, 5.74) is 1.02. The zero-order chi connectivity index (χ0) is 12.8. The molecule has 1 heterocycles. The Balaban J connectivity index is 2.19. The van der Waals surface area contributed by atoms with Gasteiger partial charge in [-0.05, 0) is 31.4 Å². The molecule has 1 aromatic rings. The van der Waals surface area contributed by atoms with Gasteiger partial charge in [0.1, 0.15) is 0 Å². The average molecular weight is 248 g/mol. The van der Waals surface area contributed by atoms with Crippen molar-refractivity contribution in [1.82, 2.24) is 0 Å². The van der Waals surface area contributed by atoms with Crippen molar-refractivity contribution in [2.45, 2.75) is 38.0 Å². The first-order chi connectivity index (χ1) is 8.63. The number of carboxylic acids is 1. The molecule has 0 atom stereocenters. The van der Waals surface area contributed by atoms with E-state index in [2.05, 4.69) is 0 Å². The van der Waals surface area contributed by atoms with Crippen LogP contribution in [0, 0.1) is 6.92 Å². The second-order valence-corrected chi connectivity index (χ2v) is 5.14. The van der Waals surface area contributed by atoms with Gasteiger partial charge in [-0.3, -0.25) is 4.79 Å². The standard InChI is InChI=1S/C14H16O4/c1-9-6-10(12-11(7-9)17-8-18-12)14(13(15)16)4-2-3-5-14/h6-7H,2-5,8H2,1H3,(H,15,16). The molecule has 1 saturated carbocycles. The van der Waals surface area contributed by atoms with E-state index in [0.29, 0.717) is 24.3 Å². The third kappa shape index (κ3) is 1.48. The second-order valence-electron chi connectivity index (χ2n) is 5.14. The zero-order valence-corrected chi connectivity index (χ0v) is 10.4. The molecular weight excluding hydrogens is 232 g/mol. The molecule has 1 aromatic carbocycles. The third-order valence-electron chi connectivity index (χ3n) is 4.00. The van der Waals surface area contributed by atoms with Gasteiger partial charge in [0.2, 0.25) is 6.79 Å². The van der Waals surface area contributed by atoms with E-state index in [9.17, 15) is 9.90 Å². The molecule has 1 fully saturated rings. The van der Waals surface area contributed by atoms with Crippen LogP contribution in [0.15, 0.2) is 12.1 Å². The fourth-order valence-electron chi connectivity index (χ4n) is 3.08.